The van der Waals surface area contributed by atoms with Gasteiger partial charge in [-0.3, -0.25) is 4.90 Å². The van der Waals surface area contributed by atoms with Gasteiger partial charge in [-0.25, -0.2) is 0 Å². The van der Waals surface area contributed by atoms with Gasteiger partial charge in [0.15, 0.2) is 0 Å². The Balaban J connectivity index is 2.62. The van der Waals surface area contributed by atoms with Crippen LogP contribution in [0.5, 0.6) is 5.75 Å². The number of alkyl halides is 3. The van der Waals surface area contributed by atoms with E-state index < -0.39 is 6.36 Å². The highest BCUT2D eigenvalue weighted by atomic mass is 19.4. The van der Waals surface area contributed by atoms with Gasteiger partial charge in [-0.2, -0.15) is 0 Å². The molecule has 0 atom stereocenters. The molecule has 120 valence electrons. The van der Waals surface area contributed by atoms with E-state index in [1.54, 1.807) is 12.1 Å². The molecular weight excluding hydrogens is 281 g/mol. The van der Waals surface area contributed by atoms with Gasteiger partial charge in [-0.05, 0) is 43.1 Å². The molecule has 0 radical (unpaired) electrons. The molecule has 0 unspecified atom stereocenters. The lowest BCUT2D eigenvalue weighted by Gasteiger charge is -2.24. The summed E-state index contributed by atoms with van der Waals surface area (Å²) in [5.41, 5.74) is 6.49. The van der Waals surface area contributed by atoms with Crippen LogP contribution >= 0.6 is 0 Å². The molecule has 1 aromatic carbocycles. The van der Waals surface area contributed by atoms with Crippen molar-refractivity contribution in [2.75, 3.05) is 19.6 Å². The summed E-state index contributed by atoms with van der Waals surface area (Å²) in [5.74, 6) is 0.333. The normalized spacial score (nSPS) is 12.2. The number of rotatable bonds is 8. The monoisotopic (exact) mass is 304 g/mol. The minimum Gasteiger partial charge on any atom is -0.406 e. The van der Waals surface area contributed by atoms with Gasteiger partial charge in [-0.15, -0.1) is 13.2 Å². The van der Waals surface area contributed by atoms with Crippen LogP contribution in [0.3, 0.4) is 0 Å². The number of hydrogen-bond acceptors (Lipinski definition) is 3. The second-order valence-electron chi connectivity index (χ2n) is 5.46. The fourth-order valence-corrected chi connectivity index (χ4v) is 2.12. The van der Waals surface area contributed by atoms with Crippen molar-refractivity contribution in [3.05, 3.63) is 29.8 Å². The van der Waals surface area contributed by atoms with E-state index in [4.69, 9.17) is 5.73 Å². The average molecular weight is 304 g/mol. The first-order valence-electron chi connectivity index (χ1n) is 7.07. The highest BCUT2D eigenvalue weighted by molar-refractivity contribution is 5.27. The molecule has 1 rings (SSSR count). The van der Waals surface area contributed by atoms with Crippen molar-refractivity contribution >= 4 is 0 Å². The molecule has 0 saturated heterocycles. The molecule has 0 aliphatic carbocycles. The van der Waals surface area contributed by atoms with E-state index in [2.05, 4.69) is 23.5 Å². The summed E-state index contributed by atoms with van der Waals surface area (Å²) in [5, 5.41) is 0. The van der Waals surface area contributed by atoms with Crippen LogP contribution in [0.1, 0.15) is 25.8 Å². The predicted octanol–water partition coefficient (Wildman–Crippen LogP) is 3.39. The maximum atomic E-state index is 12.1. The third-order valence-corrected chi connectivity index (χ3v) is 2.86. The Hall–Kier alpha value is -1.27. The fraction of sp³-hybridized carbons (Fsp3) is 0.600. The number of hydrogen-bond donors (Lipinski definition) is 1. The highest BCUT2D eigenvalue weighted by Gasteiger charge is 2.30. The smallest absolute Gasteiger partial charge is 0.406 e. The average Bonchev–Trinajstić information content (AvgIpc) is 2.36. The van der Waals surface area contributed by atoms with Crippen LogP contribution in [-0.2, 0) is 6.54 Å². The molecule has 0 aromatic heterocycles. The second-order valence-corrected chi connectivity index (χ2v) is 5.46. The van der Waals surface area contributed by atoms with Gasteiger partial charge < -0.3 is 10.5 Å². The number of nitrogens with two attached hydrogens (primary N) is 1. The van der Waals surface area contributed by atoms with Gasteiger partial charge >= 0.3 is 6.36 Å². The summed E-state index contributed by atoms with van der Waals surface area (Å²) in [6.45, 7) is 7.42. The van der Waals surface area contributed by atoms with E-state index in [0.29, 0.717) is 19.0 Å². The van der Waals surface area contributed by atoms with Crippen molar-refractivity contribution < 1.29 is 17.9 Å². The highest BCUT2D eigenvalue weighted by Crippen LogP contribution is 2.23. The van der Waals surface area contributed by atoms with Crippen LogP contribution in [0.25, 0.3) is 0 Å². The molecule has 0 fully saturated rings. The summed E-state index contributed by atoms with van der Waals surface area (Å²) >= 11 is 0. The predicted molar refractivity (Wildman–Crippen MR) is 76.9 cm³/mol. The van der Waals surface area contributed by atoms with E-state index in [9.17, 15) is 13.2 Å². The van der Waals surface area contributed by atoms with Gasteiger partial charge in [-0.1, -0.05) is 26.0 Å². The SMILES string of the molecule is CC(C)CN(CCCN)Cc1ccc(OC(F)(F)F)cc1. The van der Waals surface area contributed by atoms with Crippen LogP contribution in [0.15, 0.2) is 24.3 Å². The van der Waals surface area contributed by atoms with Crippen LogP contribution in [0.2, 0.25) is 0 Å². The maximum Gasteiger partial charge on any atom is 0.573 e. The second kappa shape index (κ2) is 8.24. The standard InChI is InChI=1S/C15H23F3N2O/c1-12(2)10-20(9-3-8-19)11-13-4-6-14(7-5-13)21-15(16,17)18/h4-7,12H,3,8-11,19H2,1-2H3. The summed E-state index contributed by atoms with van der Waals surface area (Å²) < 4.78 is 40.1. The Labute approximate surface area is 123 Å². The molecule has 0 heterocycles. The van der Waals surface area contributed by atoms with Crippen molar-refractivity contribution in [1.29, 1.82) is 0 Å². The van der Waals surface area contributed by atoms with Crippen molar-refractivity contribution in [1.82, 2.24) is 4.90 Å². The van der Waals surface area contributed by atoms with E-state index in [1.807, 2.05) is 0 Å². The molecule has 0 aliphatic rings. The lowest BCUT2D eigenvalue weighted by Crippen LogP contribution is -2.29. The van der Waals surface area contributed by atoms with E-state index in [1.165, 1.54) is 12.1 Å². The maximum absolute atomic E-state index is 12.1. The van der Waals surface area contributed by atoms with Crippen LogP contribution in [0.4, 0.5) is 13.2 Å². The minimum absolute atomic E-state index is 0.191. The molecule has 1 aromatic rings. The quantitative estimate of drug-likeness (QED) is 0.800. The van der Waals surface area contributed by atoms with Crippen LogP contribution in [-0.4, -0.2) is 30.9 Å². The van der Waals surface area contributed by atoms with E-state index in [0.717, 1.165) is 25.1 Å². The van der Waals surface area contributed by atoms with Crippen molar-refractivity contribution in [3.8, 4) is 5.75 Å². The molecule has 0 amide bonds. The number of halogens is 3. The minimum atomic E-state index is -4.65. The number of nitrogens with zero attached hydrogens (tertiary/aromatic N) is 1. The Morgan fingerprint density at radius 3 is 2.29 bits per heavy atom. The first kappa shape index (κ1) is 17.8. The van der Waals surface area contributed by atoms with Crippen molar-refractivity contribution in [2.45, 2.75) is 33.2 Å². The lowest BCUT2D eigenvalue weighted by molar-refractivity contribution is -0.274. The molecule has 6 heteroatoms. The lowest BCUT2D eigenvalue weighted by atomic mass is 10.1. The summed E-state index contributed by atoms with van der Waals surface area (Å²) in [7, 11) is 0. The molecule has 0 bridgehead atoms. The Morgan fingerprint density at radius 2 is 1.81 bits per heavy atom. The fourth-order valence-electron chi connectivity index (χ4n) is 2.12. The van der Waals surface area contributed by atoms with E-state index in [-0.39, 0.29) is 5.75 Å². The van der Waals surface area contributed by atoms with Crippen LogP contribution < -0.4 is 10.5 Å². The zero-order valence-corrected chi connectivity index (χ0v) is 12.5. The first-order chi connectivity index (χ1) is 9.80. The molecule has 3 nitrogen and oxygen atoms in total. The summed E-state index contributed by atoms with van der Waals surface area (Å²) in [4.78, 5) is 2.26. The Bertz CT molecular complexity index is 404. The van der Waals surface area contributed by atoms with Gasteiger partial charge in [0.25, 0.3) is 0 Å². The third kappa shape index (κ3) is 7.92. The molecule has 0 spiro atoms. The van der Waals surface area contributed by atoms with Gasteiger partial charge in [0, 0.05) is 13.1 Å². The van der Waals surface area contributed by atoms with Crippen LogP contribution in [0, 0.1) is 5.92 Å². The zero-order valence-electron chi connectivity index (χ0n) is 12.5. The zero-order chi connectivity index (χ0) is 15.9. The van der Waals surface area contributed by atoms with Gasteiger partial charge in [0.1, 0.15) is 5.75 Å². The molecule has 0 aliphatic heterocycles. The van der Waals surface area contributed by atoms with Gasteiger partial charge in [0.05, 0.1) is 0 Å². The molecular formula is C15H23F3N2O. The van der Waals surface area contributed by atoms with Gasteiger partial charge in [0.2, 0.25) is 0 Å². The summed E-state index contributed by atoms with van der Waals surface area (Å²) in [6, 6.07) is 6.02. The topological polar surface area (TPSA) is 38.5 Å². The Morgan fingerprint density at radius 1 is 1.19 bits per heavy atom. The molecule has 2 N–H and O–H groups in total. The van der Waals surface area contributed by atoms with E-state index >= 15 is 0 Å². The van der Waals surface area contributed by atoms with Crippen molar-refractivity contribution in [3.63, 3.8) is 0 Å². The number of benzene rings is 1. The van der Waals surface area contributed by atoms with Crippen molar-refractivity contribution in [2.24, 2.45) is 11.7 Å². The Kier molecular flexibility index (Phi) is 6.98. The molecule has 21 heavy (non-hydrogen) atoms. The number of ether oxygens (including phenoxy) is 1. The summed E-state index contributed by atoms with van der Waals surface area (Å²) in [6.07, 6.45) is -3.74. The third-order valence-electron chi connectivity index (χ3n) is 2.86. The largest absolute Gasteiger partial charge is 0.573 e. The first-order valence-corrected chi connectivity index (χ1v) is 7.07. The molecule has 0 saturated carbocycles.